The van der Waals surface area contributed by atoms with Gasteiger partial charge in [0.25, 0.3) is 0 Å². The Bertz CT molecular complexity index is 578. The zero-order valence-electron chi connectivity index (χ0n) is 11.7. The van der Waals surface area contributed by atoms with E-state index in [0.717, 1.165) is 22.7 Å². The van der Waals surface area contributed by atoms with Crippen LogP contribution in [0.4, 0.5) is 4.39 Å². The third kappa shape index (κ3) is 2.85. The number of thiazole rings is 1. The van der Waals surface area contributed by atoms with Gasteiger partial charge in [0.15, 0.2) is 0 Å². The lowest BCUT2D eigenvalue weighted by Crippen LogP contribution is -2.17. The number of hydrogen-bond donors (Lipinski definition) is 1. The molecule has 19 heavy (non-hydrogen) atoms. The van der Waals surface area contributed by atoms with Gasteiger partial charge in [-0.25, -0.2) is 9.37 Å². The predicted octanol–water partition coefficient (Wildman–Crippen LogP) is 3.77. The molecule has 0 bridgehead atoms. The highest BCUT2D eigenvalue weighted by Gasteiger charge is 2.18. The first-order valence-corrected chi connectivity index (χ1v) is 7.28. The van der Waals surface area contributed by atoms with Crippen LogP contribution in [0.1, 0.15) is 39.7 Å². The SMILES string of the molecule is CCc1nc(C(NC)c2ccc(C)c(F)c2)sc1C. The number of aromatic nitrogens is 1. The third-order valence-electron chi connectivity index (χ3n) is 3.31. The van der Waals surface area contributed by atoms with Crippen molar-refractivity contribution in [2.75, 3.05) is 7.05 Å². The minimum atomic E-state index is -0.165. The molecule has 0 amide bonds. The van der Waals surface area contributed by atoms with Gasteiger partial charge in [-0.2, -0.15) is 0 Å². The Morgan fingerprint density at radius 2 is 2.11 bits per heavy atom. The minimum absolute atomic E-state index is 0.0425. The molecule has 1 atom stereocenters. The van der Waals surface area contributed by atoms with Crippen molar-refractivity contribution in [3.05, 3.63) is 50.7 Å². The number of hydrogen-bond acceptors (Lipinski definition) is 3. The Morgan fingerprint density at radius 1 is 1.37 bits per heavy atom. The van der Waals surface area contributed by atoms with E-state index in [4.69, 9.17) is 0 Å². The molecule has 1 aromatic heterocycles. The van der Waals surface area contributed by atoms with Crippen molar-refractivity contribution in [3.8, 4) is 0 Å². The highest BCUT2D eigenvalue weighted by atomic mass is 32.1. The monoisotopic (exact) mass is 278 g/mol. The van der Waals surface area contributed by atoms with Gasteiger partial charge < -0.3 is 5.32 Å². The zero-order chi connectivity index (χ0) is 14.0. The molecule has 1 heterocycles. The number of rotatable bonds is 4. The summed E-state index contributed by atoms with van der Waals surface area (Å²) in [4.78, 5) is 5.90. The Kier molecular flexibility index (Phi) is 4.32. The summed E-state index contributed by atoms with van der Waals surface area (Å²) in [6.45, 7) is 5.96. The lowest BCUT2D eigenvalue weighted by molar-refractivity contribution is 0.607. The molecule has 2 nitrogen and oxygen atoms in total. The average molecular weight is 278 g/mol. The second kappa shape index (κ2) is 5.80. The summed E-state index contributed by atoms with van der Waals surface area (Å²) in [5, 5.41) is 4.23. The molecule has 0 aliphatic heterocycles. The van der Waals surface area contributed by atoms with E-state index >= 15 is 0 Å². The van der Waals surface area contributed by atoms with Gasteiger partial charge in [-0.1, -0.05) is 19.1 Å². The van der Waals surface area contributed by atoms with Gasteiger partial charge in [0.2, 0.25) is 0 Å². The molecule has 102 valence electrons. The lowest BCUT2D eigenvalue weighted by Gasteiger charge is -2.14. The molecule has 2 aromatic rings. The minimum Gasteiger partial charge on any atom is -0.307 e. The number of halogens is 1. The van der Waals surface area contributed by atoms with E-state index in [0.29, 0.717) is 5.56 Å². The molecular weight excluding hydrogens is 259 g/mol. The van der Waals surface area contributed by atoms with Gasteiger partial charge >= 0.3 is 0 Å². The molecule has 1 N–H and O–H groups in total. The molecule has 0 fully saturated rings. The second-order valence-electron chi connectivity index (χ2n) is 4.64. The smallest absolute Gasteiger partial charge is 0.126 e. The first-order chi connectivity index (χ1) is 9.06. The fourth-order valence-corrected chi connectivity index (χ4v) is 3.27. The van der Waals surface area contributed by atoms with Crippen LogP contribution in [0.5, 0.6) is 0 Å². The molecular formula is C15H19FN2S. The number of benzene rings is 1. The van der Waals surface area contributed by atoms with Gasteiger partial charge in [0, 0.05) is 4.88 Å². The van der Waals surface area contributed by atoms with E-state index in [2.05, 4.69) is 24.1 Å². The summed E-state index contributed by atoms with van der Waals surface area (Å²) in [7, 11) is 1.88. The van der Waals surface area contributed by atoms with Crippen LogP contribution in [-0.2, 0) is 6.42 Å². The van der Waals surface area contributed by atoms with Gasteiger partial charge in [-0.15, -0.1) is 11.3 Å². The van der Waals surface area contributed by atoms with E-state index in [1.54, 1.807) is 24.3 Å². The normalized spacial score (nSPS) is 12.7. The van der Waals surface area contributed by atoms with Gasteiger partial charge in [0.1, 0.15) is 10.8 Å². The molecule has 0 radical (unpaired) electrons. The summed E-state index contributed by atoms with van der Waals surface area (Å²) in [5.41, 5.74) is 2.72. The molecule has 1 unspecified atom stereocenters. The van der Waals surface area contributed by atoms with Crippen molar-refractivity contribution in [2.24, 2.45) is 0 Å². The van der Waals surface area contributed by atoms with E-state index in [9.17, 15) is 4.39 Å². The number of aryl methyl sites for hydroxylation is 3. The van der Waals surface area contributed by atoms with Crippen molar-refractivity contribution >= 4 is 11.3 Å². The Labute approximate surface area is 117 Å². The van der Waals surface area contributed by atoms with Crippen LogP contribution in [-0.4, -0.2) is 12.0 Å². The Hall–Kier alpha value is -1.26. The molecule has 0 aliphatic carbocycles. The zero-order valence-corrected chi connectivity index (χ0v) is 12.6. The molecule has 0 saturated carbocycles. The topological polar surface area (TPSA) is 24.9 Å². The van der Waals surface area contributed by atoms with E-state index < -0.39 is 0 Å². The number of nitrogens with one attached hydrogen (secondary N) is 1. The van der Waals surface area contributed by atoms with Crippen LogP contribution in [0.3, 0.4) is 0 Å². The van der Waals surface area contributed by atoms with Crippen molar-refractivity contribution in [1.29, 1.82) is 0 Å². The van der Waals surface area contributed by atoms with Crippen LogP contribution >= 0.6 is 11.3 Å². The summed E-state index contributed by atoms with van der Waals surface area (Å²) >= 11 is 1.68. The first kappa shape index (κ1) is 14.2. The van der Waals surface area contributed by atoms with Crippen LogP contribution in [0, 0.1) is 19.7 Å². The molecule has 0 aliphatic rings. The predicted molar refractivity (Wildman–Crippen MR) is 78.3 cm³/mol. The molecule has 0 spiro atoms. The Balaban J connectivity index is 2.40. The van der Waals surface area contributed by atoms with E-state index in [1.807, 2.05) is 19.2 Å². The molecule has 0 saturated heterocycles. The van der Waals surface area contributed by atoms with E-state index in [-0.39, 0.29) is 11.9 Å². The summed E-state index contributed by atoms with van der Waals surface area (Å²) in [5.74, 6) is -0.165. The van der Waals surface area contributed by atoms with Gasteiger partial charge in [-0.05, 0) is 44.5 Å². The third-order valence-corrected chi connectivity index (χ3v) is 4.39. The lowest BCUT2D eigenvalue weighted by atomic mass is 10.1. The molecule has 4 heteroatoms. The van der Waals surface area contributed by atoms with E-state index in [1.165, 1.54) is 4.88 Å². The maximum absolute atomic E-state index is 13.7. The molecule has 2 rings (SSSR count). The fourth-order valence-electron chi connectivity index (χ4n) is 2.12. The largest absolute Gasteiger partial charge is 0.307 e. The summed E-state index contributed by atoms with van der Waals surface area (Å²) in [6.07, 6.45) is 0.932. The summed E-state index contributed by atoms with van der Waals surface area (Å²) < 4.78 is 13.7. The highest BCUT2D eigenvalue weighted by Crippen LogP contribution is 2.29. The number of nitrogens with zero attached hydrogens (tertiary/aromatic N) is 1. The average Bonchev–Trinajstić information content (AvgIpc) is 2.75. The maximum Gasteiger partial charge on any atom is 0.126 e. The van der Waals surface area contributed by atoms with Crippen LogP contribution in [0.25, 0.3) is 0 Å². The highest BCUT2D eigenvalue weighted by molar-refractivity contribution is 7.11. The van der Waals surface area contributed by atoms with Crippen molar-refractivity contribution in [1.82, 2.24) is 10.3 Å². The van der Waals surface area contributed by atoms with Crippen LogP contribution < -0.4 is 5.32 Å². The molecule has 1 aromatic carbocycles. The van der Waals surface area contributed by atoms with Gasteiger partial charge in [-0.3, -0.25) is 0 Å². The summed E-state index contributed by atoms with van der Waals surface area (Å²) in [6, 6.07) is 5.33. The van der Waals surface area contributed by atoms with Crippen molar-refractivity contribution in [2.45, 2.75) is 33.2 Å². The maximum atomic E-state index is 13.7. The van der Waals surface area contributed by atoms with Crippen molar-refractivity contribution in [3.63, 3.8) is 0 Å². The van der Waals surface area contributed by atoms with Gasteiger partial charge in [0.05, 0.1) is 11.7 Å². The van der Waals surface area contributed by atoms with Crippen LogP contribution in [0.15, 0.2) is 18.2 Å². The standard InChI is InChI=1S/C15H19FN2S/c1-5-13-10(3)19-15(18-13)14(17-4)11-7-6-9(2)12(16)8-11/h6-8,14,17H,5H2,1-4H3. The first-order valence-electron chi connectivity index (χ1n) is 6.46. The van der Waals surface area contributed by atoms with Crippen molar-refractivity contribution < 1.29 is 4.39 Å². The Morgan fingerprint density at radius 3 is 2.63 bits per heavy atom. The quantitative estimate of drug-likeness (QED) is 0.921. The second-order valence-corrected chi connectivity index (χ2v) is 5.87. The van der Waals surface area contributed by atoms with Crippen LogP contribution in [0.2, 0.25) is 0 Å². The fraction of sp³-hybridized carbons (Fsp3) is 0.400.